The maximum Gasteiger partial charge on any atom is 0.338 e. The van der Waals surface area contributed by atoms with E-state index in [1.165, 1.54) is 11.8 Å². The number of hydrogen-bond donors (Lipinski definition) is 3. The second-order valence-electron chi connectivity index (χ2n) is 10.5. The van der Waals surface area contributed by atoms with Crippen LogP contribution in [0.1, 0.15) is 40.1 Å². The van der Waals surface area contributed by atoms with Gasteiger partial charge in [0.05, 0.1) is 17.4 Å². The molecule has 1 unspecified atom stereocenters. The first-order valence-corrected chi connectivity index (χ1v) is 15.9. The van der Waals surface area contributed by atoms with E-state index in [0.29, 0.717) is 22.5 Å². The van der Waals surface area contributed by atoms with Gasteiger partial charge in [-0.15, -0.1) is 11.8 Å². The lowest BCUT2D eigenvalue weighted by Crippen LogP contribution is -2.30. The normalized spacial score (nSPS) is 11.7. The molecule has 236 valence electrons. The van der Waals surface area contributed by atoms with E-state index >= 15 is 0 Å². The largest absolute Gasteiger partial charge is 0.462 e. The van der Waals surface area contributed by atoms with Crippen LogP contribution in [0.3, 0.4) is 0 Å². The molecule has 3 N–H and O–H groups in total. The average Bonchev–Trinajstić information content (AvgIpc) is 3.09. The third kappa shape index (κ3) is 8.74. The number of rotatable bonds is 11. The highest BCUT2D eigenvalue weighted by Gasteiger charge is 2.18. The lowest BCUT2D eigenvalue weighted by molar-refractivity contribution is -0.115. The van der Waals surface area contributed by atoms with Crippen LogP contribution in [0.25, 0.3) is 16.8 Å². The number of carbonyl (C=O) groups is 4. The number of ether oxygens (including phenoxy) is 1. The topological polar surface area (TPSA) is 114 Å². The Kier molecular flexibility index (Phi) is 10.8. The van der Waals surface area contributed by atoms with E-state index in [0.717, 1.165) is 21.2 Å². The molecule has 0 aliphatic rings. The van der Waals surface area contributed by atoms with Crippen molar-refractivity contribution in [1.29, 1.82) is 0 Å². The van der Waals surface area contributed by atoms with Gasteiger partial charge in [0, 0.05) is 21.8 Å². The number of amides is 3. The maximum absolute atomic E-state index is 13.7. The molecule has 1 atom stereocenters. The second-order valence-corrected chi connectivity index (χ2v) is 11.9. The number of fused-ring (bicyclic) bond motifs is 1. The maximum atomic E-state index is 13.7. The molecule has 8 nitrogen and oxygen atoms in total. The summed E-state index contributed by atoms with van der Waals surface area (Å²) in [6.07, 6.45) is 1.67. The molecule has 5 aromatic carbocycles. The number of anilines is 2. The van der Waals surface area contributed by atoms with Crippen molar-refractivity contribution in [2.45, 2.75) is 24.0 Å². The quantitative estimate of drug-likeness (QED) is 0.0779. The van der Waals surface area contributed by atoms with Crippen molar-refractivity contribution in [2.24, 2.45) is 0 Å². The van der Waals surface area contributed by atoms with E-state index in [-0.39, 0.29) is 18.2 Å². The third-order valence-corrected chi connectivity index (χ3v) is 8.18. The van der Waals surface area contributed by atoms with Crippen LogP contribution in [0.15, 0.2) is 132 Å². The fourth-order valence-electron chi connectivity index (χ4n) is 4.73. The van der Waals surface area contributed by atoms with Crippen LogP contribution >= 0.6 is 11.8 Å². The Hall–Kier alpha value is -5.67. The van der Waals surface area contributed by atoms with E-state index in [1.54, 1.807) is 86.7 Å². The van der Waals surface area contributed by atoms with Crippen molar-refractivity contribution >= 4 is 63.7 Å². The minimum absolute atomic E-state index is 0.0787. The minimum atomic E-state index is -0.499. The van der Waals surface area contributed by atoms with Gasteiger partial charge in [-0.05, 0) is 90.9 Å². The molecule has 0 aliphatic carbocycles. The summed E-state index contributed by atoms with van der Waals surface area (Å²) in [5, 5.41) is 10.0. The van der Waals surface area contributed by atoms with Gasteiger partial charge in [0.15, 0.2) is 0 Å². The van der Waals surface area contributed by atoms with Crippen LogP contribution in [0.5, 0.6) is 0 Å². The van der Waals surface area contributed by atoms with E-state index in [1.807, 2.05) is 54.6 Å². The fourth-order valence-corrected chi connectivity index (χ4v) is 5.65. The monoisotopic (exact) mass is 643 g/mol. The van der Waals surface area contributed by atoms with Gasteiger partial charge in [0.25, 0.3) is 11.8 Å². The molecule has 47 heavy (non-hydrogen) atoms. The Balaban J connectivity index is 1.30. The highest BCUT2D eigenvalue weighted by molar-refractivity contribution is 8.00. The number of carbonyl (C=O) groups excluding carboxylic acids is 4. The molecule has 9 heteroatoms. The van der Waals surface area contributed by atoms with Gasteiger partial charge in [-0.1, -0.05) is 66.7 Å². The molecule has 3 amide bonds. The molecule has 0 spiro atoms. The van der Waals surface area contributed by atoms with Gasteiger partial charge >= 0.3 is 5.97 Å². The SMILES string of the molecule is CCOC(=O)c1ccc(NC(=O)C(C)Sc2cccc(NC(=O)/C(=C\c3cccc4ccccc34)NC(=O)c3ccccc3)c2)cc1. The Labute approximate surface area is 277 Å². The molecule has 0 aromatic heterocycles. The molecule has 5 rings (SSSR count). The van der Waals surface area contributed by atoms with Gasteiger partial charge in [0.1, 0.15) is 5.70 Å². The zero-order chi connectivity index (χ0) is 33.2. The van der Waals surface area contributed by atoms with Crippen molar-refractivity contribution in [3.8, 4) is 0 Å². The standard InChI is InChI=1S/C38H33N3O5S/c1-3-46-38(45)28-19-21-30(22-20-28)39-35(42)25(2)47-32-17-10-16-31(24-32)40-37(44)34(41-36(43)27-12-5-4-6-13-27)23-29-15-9-14-26-11-7-8-18-33(26)29/h4-25H,3H2,1-2H3,(H,39,42)(H,40,44)(H,41,43)/b34-23+. The van der Waals surface area contributed by atoms with Crippen LogP contribution in [0.2, 0.25) is 0 Å². The highest BCUT2D eigenvalue weighted by Crippen LogP contribution is 2.27. The van der Waals surface area contributed by atoms with E-state index in [9.17, 15) is 19.2 Å². The predicted molar refractivity (Wildman–Crippen MR) is 187 cm³/mol. The van der Waals surface area contributed by atoms with Crippen molar-refractivity contribution in [3.05, 3.63) is 144 Å². The van der Waals surface area contributed by atoms with Gasteiger partial charge in [-0.3, -0.25) is 14.4 Å². The zero-order valence-electron chi connectivity index (χ0n) is 25.9. The smallest absolute Gasteiger partial charge is 0.338 e. The summed E-state index contributed by atoms with van der Waals surface area (Å²) in [4.78, 5) is 52.4. The average molecular weight is 644 g/mol. The third-order valence-electron chi connectivity index (χ3n) is 7.09. The van der Waals surface area contributed by atoms with Crippen molar-refractivity contribution in [1.82, 2.24) is 5.32 Å². The van der Waals surface area contributed by atoms with E-state index < -0.39 is 23.0 Å². The molecule has 0 radical (unpaired) electrons. The fraction of sp³-hybridized carbons (Fsp3) is 0.105. The van der Waals surface area contributed by atoms with Gasteiger partial charge in [-0.2, -0.15) is 0 Å². The zero-order valence-corrected chi connectivity index (χ0v) is 26.7. The summed E-state index contributed by atoms with van der Waals surface area (Å²) in [5.74, 6) is -1.55. The van der Waals surface area contributed by atoms with Crippen molar-refractivity contribution in [2.75, 3.05) is 17.2 Å². The number of benzene rings is 5. The molecule has 0 bridgehead atoms. The van der Waals surface area contributed by atoms with Crippen molar-refractivity contribution < 1.29 is 23.9 Å². The van der Waals surface area contributed by atoms with E-state index in [4.69, 9.17) is 4.74 Å². The Morgan fingerprint density at radius 3 is 2.21 bits per heavy atom. The van der Waals surface area contributed by atoms with Crippen molar-refractivity contribution in [3.63, 3.8) is 0 Å². The molecule has 0 aliphatic heterocycles. The molecule has 0 heterocycles. The summed E-state index contributed by atoms with van der Waals surface area (Å²) in [6.45, 7) is 3.80. The number of thioether (sulfide) groups is 1. The number of hydrogen-bond acceptors (Lipinski definition) is 6. The summed E-state index contributed by atoms with van der Waals surface area (Å²) in [6, 6.07) is 35.9. The molecular weight excluding hydrogens is 611 g/mol. The lowest BCUT2D eigenvalue weighted by Gasteiger charge is -2.14. The summed E-state index contributed by atoms with van der Waals surface area (Å²) in [5.41, 5.74) is 2.74. The molecule has 5 aromatic rings. The summed E-state index contributed by atoms with van der Waals surface area (Å²) < 4.78 is 5.00. The first kappa shape index (κ1) is 32.7. The number of nitrogens with one attached hydrogen (secondary N) is 3. The van der Waals surface area contributed by atoms with Crippen LogP contribution in [0.4, 0.5) is 11.4 Å². The summed E-state index contributed by atoms with van der Waals surface area (Å²) >= 11 is 1.33. The first-order chi connectivity index (χ1) is 22.8. The molecule has 0 saturated carbocycles. The Morgan fingerprint density at radius 2 is 1.45 bits per heavy atom. The van der Waals surface area contributed by atoms with Gasteiger partial charge in [-0.25, -0.2) is 4.79 Å². The number of esters is 1. The predicted octanol–water partition coefficient (Wildman–Crippen LogP) is 7.55. The second kappa shape index (κ2) is 15.6. The Bertz CT molecular complexity index is 1940. The first-order valence-electron chi connectivity index (χ1n) is 15.0. The Morgan fingerprint density at radius 1 is 0.745 bits per heavy atom. The highest BCUT2D eigenvalue weighted by atomic mass is 32.2. The van der Waals surface area contributed by atoms with Crippen LogP contribution in [-0.2, 0) is 14.3 Å². The molecule has 0 fully saturated rings. The van der Waals surface area contributed by atoms with Crippen LogP contribution < -0.4 is 16.0 Å². The lowest BCUT2D eigenvalue weighted by atomic mass is 10.0. The minimum Gasteiger partial charge on any atom is -0.462 e. The summed E-state index contributed by atoms with van der Waals surface area (Å²) in [7, 11) is 0. The molecular formula is C38H33N3O5S. The van der Waals surface area contributed by atoms with E-state index in [2.05, 4.69) is 16.0 Å². The van der Waals surface area contributed by atoms with Gasteiger partial charge in [0.2, 0.25) is 5.91 Å². The van der Waals surface area contributed by atoms with Crippen LogP contribution in [-0.4, -0.2) is 35.5 Å². The van der Waals surface area contributed by atoms with Gasteiger partial charge < -0.3 is 20.7 Å². The van der Waals surface area contributed by atoms with Crippen LogP contribution in [0, 0.1) is 0 Å². The molecule has 0 saturated heterocycles.